The summed E-state index contributed by atoms with van der Waals surface area (Å²) in [4.78, 5) is 13.6. The normalized spacial score (nSPS) is 16.9. The summed E-state index contributed by atoms with van der Waals surface area (Å²) in [5, 5.41) is 0.201. The lowest BCUT2D eigenvalue weighted by Crippen LogP contribution is -2.41. The van der Waals surface area contributed by atoms with Gasteiger partial charge in [0.1, 0.15) is 23.4 Å². The molecule has 1 aliphatic heterocycles. The molecule has 27 heavy (non-hydrogen) atoms. The molecule has 0 spiro atoms. The van der Waals surface area contributed by atoms with E-state index < -0.39 is 29.5 Å². The number of carbonyl (C=O) groups is 1. The van der Waals surface area contributed by atoms with Crippen LogP contribution in [0.4, 0.5) is 18.0 Å². The van der Waals surface area contributed by atoms with Crippen LogP contribution < -0.4 is 0 Å². The van der Waals surface area contributed by atoms with Gasteiger partial charge in [0.2, 0.25) is 0 Å². The molecule has 0 aliphatic carbocycles. The van der Waals surface area contributed by atoms with Crippen molar-refractivity contribution in [2.45, 2.75) is 39.1 Å². The van der Waals surface area contributed by atoms with Crippen molar-refractivity contribution in [3.8, 4) is 11.1 Å². The Bertz CT molecular complexity index is 896. The number of rotatable bonds is 1. The van der Waals surface area contributed by atoms with Gasteiger partial charge in [-0.2, -0.15) is 0 Å². The van der Waals surface area contributed by atoms with E-state index in [4.69, 9.17) is 16.3 Å². The van der Waals surface area contributed by atoms with Crippen molar-refractivity contribution >= 4 is 17.7 Å². The van der Waals surface area contributed by atoms with Crippen LogP contribution in [0.5, 0.6) is 0 Å². The first-order chi connectivity index (χ1) is 12.6. The van der Waals surface area contributed by atoms with Crippen LogP contribution in [-0.2, 0) is 11.3 Å². The fraction of sp³-hybridized carbons (Fsp3) is 0.350. The van der Waals surface area contributed by atoms with Gasteiger partial charge in [-0.25, -0.2) is 18.0 Å². The van der Waals surface area contributed by atoms with Crippen molar-refractivity contribution in [3.63, 3.8) is 0 Å². The minimum absolute atomic E-state index is 0.0113. The Labute approximate surface area is 160 Å². The van der Waals surface area contributed by atoms with Gasteiger partial charge in [-0.3, -0.25) is 0 Å². The number of hydrogen-bond donors (Lipinski definition) is 0. The van der Waals surface area contributed by atoms with Crippen molar-refractivity contribution in [3.05, 3.63) is 58.1 Å². The lowest BCUT2D eigenvalue weighted by atomic mass is 9.90. The molecule has 0 fully saturated rings. The highest BCUT2D eigenvalue weighted by Gasteiger charge is 2.34. The minimum atomic E-state index is -1.54. The third kappa shape index (κ3) is 4.05. The van der Waals surface area contributed by atoms with Crippen LogP contribution in [0.15, 0.2) is 30.3 Å². The first kappa shape index (κ1) is 19.5. The second kappa shape index (κ2) is 7.08. The zero-order chi connectivity index (χ0) is 19.9. The number of benzene rings is 2. The predicted molar refractivity (Wildman–Crippen MR) is 97.3 cm³/mol. The first-order valence-electron chi connectivity index (χ1n) is 8.45. The molecule has 1 unspecified atom stereocenters. The van der Waals surface area contributed by atoms with Crippen molar-refractivity contribution < 1.29 is 22.7 Å². The van der Waals surface area contributed by atoms with E-state index in [0.717, 1.165) is 12.1 Å². The third-order valence-corrected chi connectivity index (χ3v) is 4.55. The van der Waals surface area contributed by atoms with Crippen molar-refractivity contribution in [1.82, 2.24) is 4.90 Å². The number of nitrogens with zero attached hydrogens (tertiary/aromatic N) is 1. The van der Waals surface area contributed by atoms with E-state index in [-0.39, 0.29) is 29.2 Å². The lowest BCUT2D eigenvalue weighted by Gasteiger charge is -2.34. The molecular formula is C20H19ClF3NO2. The van der Waals surface area contributed by atoms with Crippen LogP contribution in [0.3, 0.4) is 0 Å². The largest absolute Gasteiger partial charge is 0.444 e. The number of fused-ring (bicyclic) bond motifs is 1. The molecule has 2 aromatic rings. The molecule has 1 amide bonds. The van der Waals surface area contributed by atoms with Gasteiger partial charge in [0.05, 0.1) is 13.1 Å². The third-order valence-electron chi connectivity index (χ3n) is 4.22. The average Bonchev–Trinajstić information content (AvgIpc) is 2.54. The highest BCUT2D eigenvalue weighted by atomic mass is 35.5. The molecule has 7 heteroatoms. The van der Waals surface area contributed by atoms with Gasteiger partial charge in [-0.1, -0.05) is 17.7 Å². The predicted octanol–water partition coefficient (Wildman–Crippen LogP) is 6.05. The number of alkyl halides is 1. The molecule has 144 valence electrons. The molecular weight excluding hydrogens is 379 g/mol. The van der Waals surface area contributed by atoms with Crippen LogP contribution in [0.1, 0.15) is 38.1 Å². The van der Waals surface area contributed by atoms with Gasteiger partial charge < -0.3 is 9.64 Å². The van der Waals surface area contributed by atoms with Crippen LogP contribution >= 0.6 is 11.6 Å². The van der Waals surface area contributed by atoms with Crippen LogP contribution in [0.2, 0.25) is 5.02 Å². The van der Waals surface area contributed by atoms with Gasteiger partial charge in [0, 0.05) is 22.2 Å². The summed E-state index contributed by atoms with van der Waals surface area (Å²) in [6.07, 6.45) is -2.21. The number of ether oxygens (including phenoxy) is 1. The van der Waals surface area contributed by atoms with E-state index in [1.165, 1.54) is 17.0 Å². The molecule has 0 bridgehead atoms. The Morgan fingerprint density at radius 1 is 1.19 bits per heavy atom. The topological polar surface area (TPSA) is 29.5 Å². The number of amides is 1. The van der Waals surface area contributed by atoms with Gasteiger partial charge in [-0.15, -0.1) is 0 Å². The van der Waals surface area contributed by atoms with Crippen molar-refractivity contribution in [2.75, 3.05) is 6.54 Å². The maximum atomic E-state index is 14.9. The van der Waals surface area contributed by atoms with Crippen LogP contribution in [-0.4, -0.2) is 23.1 Å². The summed E-state index contributed by atoms with van der Waals surface area (Å²) >= 11 is 6.17. The summed E-state index contributed by atoms with van der Waals surface area (Å²) in [5.74, 6) is -1.48. The Morgan fingerprint density at radius 2 is 1.85 bits per heavy atom. The van der Waals surface area contributed by atoms with E-state index >= 15 is 0 Å². The summed E-state index contributed by atoms with van der Waals surface area (Å²) in [6.45, 7) is 4.94. The van der Waals surface area contributed by atoms with E-state index in [9.17, 15) is 18.0 Å². The number of halogens is 4. The molecule has 1 atom stereocenters. The molecule has 2 aromatic carbocycles. The summed E-state index contributed by atoms with van der Waals surface area (Å²) in [5.41, 5.74) is 0.351. The highest BCUT2D eigenvalue weighted by molar-refractivity contribution is 6.31. The van der Waals surface area contributed by atoms with E-state index in [1.54, 1.807) is 26.8 Å². The fourth-order valence-electron chi connectivity index (χ4n) is 3.11. The number of carbonyl (C=O) groups excluding carboxylic acids is 1. The lowest BCUT2D eigenvalue weighted by molar-refractivity contribution is 0.0160. The SMILES string of the molecule is CC(C)(C)OC(=O)N1Cc2c(-c3ccc(F)cc3F)ccc(Cl)c2C(F)C1. The van der Waals surface area contributed by atoms with Gasteiger partial charge in [0.25, 0.3) is 0 Å². The molecule has 1 aliphatic rings. The molecule has 1 heterocycles. The molecule has 0 saturated heterocycles. The highest BCUT2D eigenvalue weighted by Crippen LogP contribution is 2.41. The van der Waals surface area contributed by atoms with Gasteiger partial charge in [-0.05, 0) is 50.1 Å². The zero-order valence-corrected chi connectivity index (χ0v) is 15.9. The Hall–Kier alpha value is -2.21. The summed E-state index contributed by atoms with van der Waals surface area (Å²) < 4.78 is 47.7. The summed E-state index contributed by atoms with van der Waals surface area (Å²) in [7, 11) is 0. The average molecular weight is 398 g/mol. The Kier molecular flexibility index (Phi) is 5.12. The second-order valence-electron chi connectivity index (χ2n) is 7.44. The van der Waals surface area contributed by atoms with E-state index in [1.807, 2.05) is 0 Å². The maximum Gasteiger partial charge on any atom is 0.410 e. The van der Waals surface area contributed by atoms with Gasteiger partial charge in [0.15, 0.2) is 0 Å². The smallest absolute Gasteiger partial charge is 0.410 e. The molecule has 0 aromatic heterocycles. The number of hydrogen-bond acceptors (Lipinski definition) is 2. The van der Waals surface area contributed by atoms with E-state index in [2.05, 4.69) is 0 Å². The van der Waals surface area contributed by atoms with Crippen molar-refractivity contribution in [2.24, 2.45) is 0 Å². The quantitative estimate of drug-likeness (QED) is 0.586. The maximum absolute atomic E-state index is 14.9. The monoisotopic (exact) mass is 397 g/mol. The Morgan fingerprint density at radius 3 is 2.48 bits per heavy atom. The van der Waals surface area contributed by atoms with E-state index in [0.29, 0.717) is 11.1 Å². The van der Waals surface area contributed by atoms with Gasteiger partial charge >= 0.3 is 6.09 Å². The first-order valence-corrected chi connectivity index (χ1v) is 8.83. The minimum Gasteiger partial charge on any atom is -0.444 e. The zero-order valence-electron chi connectivity index (χ0n) is 15.2. The molecule has 0 saturated carbocycles. The van der Waals surface area contributed by atoms with Crippen LogP contribution in [0, 0.1) is 11.6 Å². The summed E-state index contributed by atoms with van der Waals surface area (Å²) in [6, 6.07) is 6.20. The molecule has 3 nitrogen and oxygen atoms in total. The molecule has 3 rings (SSSR count). The Balaban J connectivity index is 2.06. The molecule has 0 radical (unpaired) electrons. The fourth-order valence-corrected chi connectivity index (χ4v) is 3.41. The van der Waals surface area contributed by atoms with Crippen molar-refractivity contribution in [1.29, 1.82) is 0 Å². The molecule has 0 N–H and O–H groups in total. The second-order valence-corrected chi connectivity index (χ2v) is 7.85. The van der Waals surface area contributed by atoms with Crippen LogP contribution in [0.25, 0.3) is 11.1 Å². The standard InChI is InChI=1S/C20H19ClF3NO2/c1-20(2,3)27-19(26)25-9-14-12(13-5-4-11(22)8-16(13)23)6-7-15(21)18(14)17(24)10-25/h4-8,17H,9-10H2,1-3H3.